The monoisotopic (exact) mass is 297 g/mol. The third-order valence-corrected chi connectivity index (χ3v) is 4.88. The predicted molar refractivity (Wildman–Crippen MR) is 78.4 cm³/mol. The lowest BCUT2D eigenvalue weighted by molar-refractivity contribution is -0.0837. The number of benzene rings is 1. The summed E-state index contributed by atoms with van der Waals surface area (Å²) in [4.78, 5) is 0. The maximum atomic E-state index is 13.1. The molecule has 2 aliphatic rings. The predicted octanol–water partition coefficient (Wildman–Crippen LogP) is 4.06. The van der Waals surface area contributed by atoms with Crippen molar-refractivity contribution in [3.8, 4) is 0 Å². The molecule has 0 radical (unpaired) electrons. The van der Waals surface area contributed by atoms with Gasteiger partial charge in [0, 0.05) is 19.2 Å². The fourth-order valence-electron chi connectivity index (χ4n) is 3.48. The maximum Gasteiger partial charge on any atom is 0.141 e. The molecule has 2 nitrogen and oxygen atoms in total. The van der Waals surface area contributed by atoms with Crippen LogP contribution in [0.2, 0.25) is 5.02 Å². The first-order valence-corrected chi connectivity index (χ1v) is 7.86. The van der Waals surface area contributed by atoms with Gasteiger partial charge in [0.2, 0.25) is 0 Å². The van der Waals surface area contributed by atoms with Crippen molar-refractivity contribution < 1.29 is 9.13 Å². The zero-order chi connectivity index (χ0) is 14.0. The van der Waals surface area contributed by atoms with E-state index in [2.05, 4.69) is 5.32 Å². The van der Waals surface area contributed by atoms with E-state index in [1.165, 1.54) is 31.7 Å². The van der Waals surface area contributed by atoms with E-state index in [1.807, 2.05) is 0 Å². The highest BCUT2D eigenvalue weighted by atomic mass is 35.5. The van der Waals surface area contributed by atoms with Crippen LogP contribution in [0.3, 0.4) is 0 Å². The molecule has 1 unspecified atom stereocenters. The van der Waals surface area contributed by atoms with Crippen LogP contribution in [-0.4, -0.2) is 18.2 Å². The van der Waals surface area contributed by atoms with Crippen LogP contribution in [0.25, 0.3) is 0 Å². The summed E-state index contributed by atoms with van der Waals surface area (Å²) in [5.74, 6) is -0.355. The molecular weight excluding hydrogens is 277 g/mol. The van der Waals surface area contributed by atoms with Gasteiger partial charge in [-0.2, -0.15) is 0 Å². The normalized spacial score (nSPS) is 25.2. The van der Waals surface area contributed by atoms with Gasteiger partial charge in [-0.25, -0.2) is 4.39 Å². The Morgan fingerprint density at radius 1 is 1.35 bits per heavy atom. The maximum absolute atomic E-state index is 13.1. The molecule has 110 valence electrons. The Hall–Kier alpha value is -0.640. The molecule has 0 amide bonds. The van der Waals surface area contributed by atoms with Gasteiger partial charge in [-0.15, -0.1) is 0 Å². The molecule has 1 aromatic rings. The number of hydrogen-bond acceptors (Lipinski definition) is 2. The molecule has 1 heterocycles. The van der Waals surface area contributed by atoms with Crippen molar-refractivity contribution in [2.75, 3.05) is 6.61 Å². The van der Waals surface area contributed by atoms with Gasteiger partial charge in [0.05, 0.1) is 10.6 Å². The molecule has 3 rings (SSSR count). The minimum Gasteiger partial charge on any atom is -0.375 e. The molecule has 1 aliphatic heterocycles. The summed E-state index contributed by atoms with van der Waals surface area (Å²) in [5, 5.41) is 3.77. The van der Waals surface area contributed by atoms with Crippen LogP contribution in [-0.2, 0) is 11.3 Å². The highest BCUT2D eigenvalue weighted by molar-refractivity contribution is 6.30. The van der Waals surface area contributed by atoms with Crippen molar-refractivity contribution in [2.24, 2.45) is 0 Å². The smallest absolute Gasteiger partial charge is 0.141 e. The van der Waals surface area contributed by atoms with E-state index >= 15 is 0 Å². The highest BCUT2D eigenvalue weighted by Gasteiger charge is 2.39. The van der Waals surface area contributed by atoms with E-state index in [-0.39, 0.29) is 16.4 Å². The molecule has 1 spiro atoms. The molecule has 1 atom stereocenters. The summed E-state index contributed by atoms with van der Waals surface area (Å²) >= 11 is 5.81. The van der Waals surface area contributed by atoms with Crippen LogP contribution in [0, 0.1) is 5.82 Å². The van der Waals surface area contributed by atoms with Gasteiger partial charge < -0.3 is 10.1 Å². The second kappa shape index (κ2) is 6.00. The van der Waals surface area contributed by atoms with Gasteiger partial charge in [0.25, 0.3) is 0 Å². The van der Waals surface area contributed by atoms with Crippen molar-refractivity contribution in [3.05, 3.63) is 34.6 Å². The Morgan fingerprint density at radius 3 is 2.90 bits per heavy atom. The van der Waals surface area contributed by atoms with Gasteiger partial charge >= 0.3 is 0 Å². The largest absolute Gasteiger partial charge is 0.375 e. The number of ether oxygens (including phenoxy) is 1. The van der Waals surface area contributed by atoms with Crippen LogP contribution < -0.4 is 5.32 Å². The number of nitrogens with one attached hydrogen (secondary N) is 1. The van der Waals surface area contributed by atoms with E-state index in [1.54, 1.807) is 12.1 Å². The Bertz CT molecular complexity index is 474. The first kappa shape index (κ1) is 14.3. The van der Waals surface area contributed by atoms with Gasteiger partial charge in [-0.3, -0.25) is 0 Å². The van der Waals surface area contributed by atoms with E-state index in [0.29, 0.717) is 6.04 Å². The third kappa shape index (κ3) is 3.16. The summed E-state index contributed by atoms with van der Waals surface area (Å²) in [6, 6.07) is 5.42. The zero-order valence-corrected chi connectivity index (χ0v) is 12.4. The quantitative estimate of drug-likeness (QED) is 0.908. The third-order valence-electron chi connectivity index (χ3n) is 4.59. The fourth-order valence-corrected chi connectivity index (χ4v) is 3.68. The average molecular weight is 298 g/mol. The number of hydrogen-bond donors (Lipinski definition) is 1. The van der Waals surface area contributed by atoms with Gasteiger partial charge in [-0.1, -0.05) is 30.5 Å². The van der Waals surface area contributed by atoms with Crippen LogP contribution in [0.1, 0.15) is 44.1 Å². The SMILES string of the molecule is Fc1ccc(CNC2CCOC3(CCCC3)C2)cc1Cl. The fraction of sp³-hybridized carbons (Fsp3) is 0.625. The molecular formula is C16H21ClFNO. The van der Waals surface area contributed by atoms with Crippen molar-refractivity contribution in [1.29, 1.82) is 0 Å². The first-order valence-electron chi connectivity index (χ1n) is 7.48. The molecule has 4 heteroatoms. The Morgan fingerprint density at radius 2 is 2.15 bits per heavy atom. The van der Waals surface area contributed by atoms with E-state index < -0.39 is 0 Å². The van der Waals surface area contributed by atoms with Crippen molar-refractivity contribution in [2.45, 2.75) is 56.7 Å². The Balaban J connectivity index is 1.56. The van der Waals surface area contributed by atoms with Crippen LogP contribution >= 0.6 is 11.6 Å². The van der Waals surface area contributed by atoms with E-state index in [9.17, 15) is 4.39 Å². The van der Waals surface area contributed by atoms with Gasteiger partial charge in [-0.05, 0) is 43.4 Å². The van der Waals surface area contributed by atoms with Crippen molar-refractivity contribution in [3.63, 3.8) is 0 Å². The molecule has 1 saturated heterocycles. The Kier molecular flexibility index (Phi) is 4.29. The summed E-state index contributed by atoms with van der Waals surface area (Å²) in [6.07, 6.45) is 7.14. The molecule has 20 heavy (non-hydrogen) atoms. The molecule has 0 bridgehead atoms. The second-order valence-electron chi connectivity index (χ2n) is 6.06. The minimum atomic E-state index is -0.355. The average Bonchev–Trinajstić information content (AvgIpc) is 2.88. The van der Waals surface area contributed by atoms with Gasteiger partial charge in [0.1, 0.15) is 5.82 Å². The van der Waals surface area contributed by atoms with Gasteiger partial charge in [0.15, 0.2) is 0 Å². The highest BCUT2D eigenvalue weighted by Crippen LogP contribution is 2.40. The van der Waals surface area contributed by atoms with Crippen LogP contribution in [0.15, 0.2) is 18.2 Å². The van der Waals surface area contributed by atoms with Crippen molar-refractivity contribution in [1.82, 2.24) is 5.32 Å². The summed E-state index contributed by atoms with van der Waals surface area (Å²) in [6.45, 7) is 1.59. The summed E-state index contributed by atoms with van der Waals surface area (Å²) in [5.41, 5.74) is 1.17. The Labute approximate surface area is 124 Å². The summed E-state index contributed by atoms with van der Waals surface area (Å²) in [7, 11) is 0. The van der Waals surface area contributed by atoms with E-state index in [4.69, 9.17) is 16.3 Å². The molecule has 1 aliphatic carbocycles. The van der Waals surface area contributed by atoms with Crippen molar-refractivity contribution >= 4 is 11.6 Å². The van der Waals surface area contributed by atoms with Crippen LogP contribution in [0.5, 0.6) is 0 Å². The molecule has 2 fully saturated rings. The lowest BCUT2D eigenvalue weighted by Crippen LogP contribution is -2.45. The number of rotatable bonds is 3. The summed E-state index contributed by atoms with van der Waals surface area (Å²) < 4.78 is 19.2. The van der Waals surface area contributed by atoms with E-state index in [0.717, 1.165) is 31.6 Å². The van der Waals surface area contributed by atoms with Crippen LogP contribution in [0.4, 0.5) is 4.39 Å². The lowest BCUT2D eigenvalue weighted by Gasteiger charge is -2.38. The lowest BCUT2D eigenvalue weighted by atomic mass is 9.89. The molecule has 1 aromatic carbocycles. The molecule has 1 N–H and O–H groups in total. The second-order valence-corrected chi connectivity index (χ2v) is 6.46. The standard InChI is InChI=1S/C16H21ClFNO/c17-14-9-12(3-4-15(14)18)11-19-13-5-8-20-16(10-13)6-1-2-7-16/h3-4,9,13,19H,1-2,5-8,10-11H2. The molecule has 1 saturated carbocycles. The first-order chi connectivity index (χ1) is 9.67. The number of halogens is 2. The minimum absolute atomic E-state index is 0.135. The molecule has 0 aromatic heterocycles. The topological polar surface area (TPSA) is 21.3 Å². The zero-order valence-electron chi connectivity index (χ0n) is 11.6.